The van der Waals surface area contributed by atoms with Crippen LogP contribution >= 0.6 is 0 Å². The number of unbranched alkanes of at least 4 members (excludes halogenated alkanes) is 1. The summed E-state index contributed by atoms with van der Waals surface area (Å²) in [6.07, 6.45) is 2.46. The molecule has 0 aromatic rings. The van der Waals surface area contributed by atoms with Crippen LogP contribution in [-0.4, -0.2) is 35.7 Å². The van der Waals surface area contributed by atoms with Crippen molar-refractivity contribution in [2.75, 3.05) is 6.61 Å². The van der Waals surface area contributed by atoms with Crippen LogP contribution in [0.15, 0.2) is 0 Å². The lowest BCUT2D eigenvalue weighted by Crippen LogP contribution is -2.41. The van der Waals surface area contributed by atoms with Crippen LogP contribution in [0, 0.1) is 0 Å². The van der Waals surface area contributed by atoms with Crippen LogP contribution in [0.1, 0.15) is 46.5 Å². The number of aliphatic carboxylic acids is 1. The van der Waals surface area contributed by atoms with Crippen LogP contribution in [0.4, 0.5) is 0 Å². The van der Waals surface area contributed by atoms with Crippen molar-refractivity contribution in [2.45, 2.75) is 58.6 Å². The summed E-state index contributed by atoms with van der Waals surface area (Å²) in [5.74, 6) is -1.24. The molecule has 0 spiro atoms. The maximum absolute atomic E-state index is 11.4. The van der Waals surface area contributed by atoms with Gasteiger partial charge in [0.2, 0.25) is 5.91 Å². The smallest absolute Gasteiger partial charge is 0.326 e. The monoisotopic (exact) mass is 245 g/mol. The van der Waals surface area contributed by atoms with Gasteiger partial charge in [-0.05, 0) is 20.3 Å². The molecule has 0 saturated heterocycles. The van der Waals surface area contributed by atoms with E-state index in [1.165, 1.54) is 0 Å². The van der Waals surface area contributed by atoms with E-state index in [2.05, 4.69) is 5.32 Å². The first kappa shape index (κ1) is 15.9. The Bertz CT molecular complexity index is 241. The Labute approximate surface area is 103 Å². The first-order chi connectivity index (χ1) is 7.97. The van der Waals surface area contributed by atoms with Crippen LogP contribution < -0.4 is 5.32 Å². The first-order valence-electron chi connectivity index (χ1n) is 6.11. The average molecular weight is 245 g/mol. The summed E-state index contributed by atoms with van der Waals surface area (Å²) in [4.78, 5) is 22.3. The fourth-order valence-corrected chi connectivity index (χ4v) is 1.32. The van der Waals surface area contributed by atoms with Crippen molar-refractivity contribution in [1.82, 2.24) is 5.32 Å². The summed E-state index contributed by atoms with van der Waals surface area (Å²) in [5, 5.41) is 11.4. The first-order valence-corrected chi connectivity index (χ1v) is 6.11. The molecular weight excluding hydrogens is 222 g/mol. The number of rotatable bonds is 9. The third-order valence-corrected chi connectivity index (χ3v) is 2.26. The zero-order valence-corrected chi connectivity index (χ0v) is 10.9. The van der Waals surface area contributed by atoms with Gasteiger partial charge in [-0.15, -0.1) is 0 Å². The molecule has 100 valence electrons. The van der Waals surface area contributed by atoms with E-state index in [1.54, 1.807) is 0 Å². The van der Waals surface area contributed by atoms with Crippen molar-refractivity contribution in [3.63, 3.8) is 0 Å². The van der Waals surface area contributed by atoms with Crippen molar-refractivity contribution >= 4 is 11.9 Å². The third-order valence-electron chi connectivity index (χ3n) is 2.26. The lowest BCUT2D eigenvalue weighted by Gasteiger charge is -2.14. The van der Waals surface area contributed by atoms with E-state index in [9.17, 15) is 9.59 Å². The molecule has 0 aliphatic heterocycles. The van der Waals surface area contributed by atoms with Crippen molar-refractivity contribution in [3.8, 4) is 0 Å². The lowest BCUT2D eigenvalue weighted by atomic mass is 10.1. The van der Waals surface area contributed by atoms with Crippen LogP contribution in [-0.2, 0) is 14.3 Å². The number of amides is 1. The normalized spacial score (nSPS) is 12.5. The van der Waals surface area contributed by atoms with E-state index in [4.69, 9.17) is 9.84 Å². The lowest BCUT2D eigenvalue weighted by molar-refractivity contribution is -0.142. The van der Waals surface area contributed by atoms with Crippen molar-refractivity contribution < 1.29 is 19.4 Å². The molecule has 0 fully saturated rings. The molecule has 1 amide bonds. The fraction of sp³-hybridized carbons (Fsp3) is 0.833. The SMILES string of the molecule is CCCCC(NC(=O)CCOC(C)C)C(=O)O. The molecule has 2 N–H and O–H groups in total. The number of carboxylic acids is 1. The van der Waals surface area contributed by atoms with Gasteiger partial charge in [-0.1, -0.05) is 19.8 Å². The van der Waals surface area contributed by atoms with E-state index in [1.807, 2.05) is 20.8 Å². The van der Waals surface area contributed by atoms with Crippen LogP contribution in [0.3, 0.4) is 0 Å². The van der Waals surface area contributed by atoms with Crippen LogP contribution in [0.25, 0.3) is 0 Å². The van der Waals surface area contributed by atoms with Crippen molar-refractivity contribution in [3.05, 3.63) is 0 Å². The van der Waals surface area contributed by atoms with E-state index in [-0.39, 0.29) is 18.4 Å². The molecule has 0 rings (SSSR count). The summed E-state index contributed by atoms with van der Waals surface area (Å²) in [7, 11) is 0. The van der Waals surface area contributed by atoms with E-state index >= 15 is 0 Å². The number of carbonyl (C=O) groups is 2. The van der Waals surface area contributed by atoms with E-state index in [0.717, 1.165) is 12.8 Å². The summed E-state index contributed by atoms with van der Waals surface area (Å²) in [6.45, 7) is 6.08. The minimum Gasteiger partial charge on any atom is -0.480 e. The molecule has 0 aromatic carbocycles. The Balaban J connectivity index is 3.91. The Morgan fingerprint density at radius 3 is 2.47 bits per heavy atom. The van der Waals surface area contributed by atoms with Crippen LogP contribution in [0.2, 0.25) is 0 Å². The molecule has 17 heavy (non-hydrogen) atoms. The molecule has 1 atom stereocenters. The van der Waals surface area contributed by atoms with E-state index < -0.39 is 12.0 Å². The van der Waals surface area contributed by atoms with E-state index in [0.29, 0.717) is 13.0 Å². The van der Waals surface area contributed by atoms with Gasteiger partial charge in [0.1, 0.15) is 6.04 Å². The van der Waals surface area contributed by atoms with Gasteiger partial charge in [0.05, 0.1) is 12.7 Å². The summed E-state index contributed by atoms with van der Waals surface area (Å²) >= 11 is 0. The molecule has 0 aliphatic rings. The van der Waals surface area contributed by atoms with Gasteiger partial charge in [-0.2, -0.15) is 0 Å². The third kappa shape index (κ3) is 8.68. The second kappa shape index (κ2) is 8.98. The molecule has 1 unspecified atom stereocenters. The average Bonchev–Trinajstić information content (AvgIpc) is 2.23. The van der Waals surface area contributed by atoms with Gasteiger partial charge in [-0.25, -0.2) is 4.79 Å². The highest BCUT2D eigenvalue weighted by Crippen LogP contribution is 2.01. The highest BCUT2D eigenvalue weighted by atomic mass is 16.5. The predicted octanol–water partition coefficient (Wildman–Crippen LogP) is 1.56. The van der Waals surface area contributed by atoms with Gasteiger partial charge < -0.3 is 15.2 Å². The molecule has 5 nitrogen and oxygen atoms in total. The number of hydrogen-bond donors (Lipinski definition) is 2. The number of ether oxygens (including phenoxy) is 1. The molecule has 0 bridgehead atoms. The second-order valence-corrected chi connectivity index (χ2v) is 4.27. The largest absolute Gasteiger partial charge is 0.480 e. The summed E-state index contributed by atoms with van der Waals surface area (Å²) in [5.41, 5.74) is 0. The highest BCUT2D eigenvalue weighted by Gasteiger charge is 2.18. The second-order valence-electron chi connectivity index (χ2n) is 4.27. The number of hydrogen-bond acceptors (Lipinski definition) is 3. The highest BCUT2D eigenvalue weighted by molar-refractivity contribution is 5.83. The Morgan fingerprint density at radius 2 is 2.00 bits per heavy atom. The Kier molecular flexibility index (Phi) is 8.40. The molecule has 0 radical (unpaired) electrons. The van der Waals surface area contributed by atoms with Crippen molar-refractivity contribution in [1.29, 1.82) is 0 Å². The van der Waals surface area contributed by atoms with Gasteiger partial charge in [0.25, 0.3) is 0 Å². The van der Waals surface area contributed by atoms with Crippen molar-refractivity contribution in [2.24, 2.45) is 0 Å². The van der Waals surface area contributed by atoms with Gasteiger partial charge in [0, 0.05) is 6.42 Å². The standard InChI is InChI=1S/C12H23NO4/c1-4-5-6-10(12(15)16)13-11(14)7-8-17-9(2)3/h9-10H,4-8H2,1-3H3,(H,13,14)(H,15,16). The van der Waals surface area contributed by atoms with Gasteiger partial charge in [0.15, 0.2) is 0 Å². The van der Waals surface area contributed by atoms with Gasteiger partial charge in [-0.3, -0.25) is 4.79 Å². The Morgan fingerprint density at radius 1 is 1.35 bits per heavy atom. The topological polar surface area (TPSA) is 75.6 Å². The number of carbonyl (C=O) groups excluding carboxylic acids is 1. The molecule has 0 heterocycles. The maximum Gasteiger partial charge on any atom is 0.326 e. The fourth-order valence-electron chi connectivity index (χ4n) is 1.32. The minimum atomic E-state index is -0.975. The quantitative estimate of drug-likeness (QED) is 0.646. The predicted molar refractivity (Wildman–Crippen MR) is 64.8 cm³/mol. The molecule has 0 saturated carbocycles. The number of carboxylic acid groups (broad SMARTS) is 1. The Hall–Kier alpha value is -1.10. The zero-order chi connectivity index (χ0) is 13.3. The minimum absolute atomic E-state index is 0.0816. The molecule has 5 heteroatoms. The number of nitrogens with one attached hydrogen (secondary N) is 1. The molecular formula is C12H23NO4. The zero-order valence-electron chi connectivity index (χ0n) is 10.9. The summed E-state index contributed by atoms with van der Waals surface area (Å²) in [6, 6.07) is -0.776. The maximum atomic E-state index is 11.4. The summed E-state index contributed by atoms with van der Waals surface area (Å²) < 4.78 is 5.23. The van der Waals surface area contributed by atoms with Gasteiger partial charge >= 0.3 is 5.97 Å². The molecule has 0 aliphatic carbocycles. The molecule has 0 aromatic heterocycles. The van der Waals surface area contributed by atoms with Crippen LogP contribution in [0.5, 0.6) is 0 Å².